The van der Waals surface area contributed by atoms with E-state index < -0.39 is 12.1 Å². The lowest BCUT2D eigenvalue weighted by molar-refractivity contribution is -0.132. The minimum atomic E-state index is -0.682. The van der Waals surface area contributed by atoms with Gasteiger partial charge in [-0.3, -0.25) is 4.79 Å². The van der Waals surface area contributed by atoms with Crippen LogP contribution in [-0.2, 0) is 16.1 Å². The van der Waals surface area contributed by atoms with Crippen molar-refractivity contribution in [2.24, 2.45) is 11.7 Å². The molecule has 0 spiro atoms. The Morgan fingerprint density at radius 1 is 1.33 bits per heavy atom. The fourth-order valence-corrected chi connectivity index (χ4v) is 2.87. The first-order valence-corrected chi connectivity index (χ1v) is 8.37. The minimum Gasteiger partial charge on any atom is -0.497 e. The van der Waals surface area contributed by atoms with E-state index >= 15 is 0 Å². The number of likely N-dealkylation sites (tertiary alicyclic amines) is 1. The van der Waals surface area contributed by atoms with Crippen molar-refractivity contribution in [2.45, 2.75) is 45.1 Å². The molecular formula is C18H28N2O4. The van der Waals surface area contributed by atoms with Crippen LogP contribution in [0.4, 0.5) is 0 Å². The van der Waals surface area contributed by atoms with Crippen molar-refractivity contribution >= 4 is 5.91 Å². The summed E-state index contributed by atoms with van der Waals surface area (Å²) in [6, 6.07) is 7.05. The van der Waals surface area contributed by atoms with Gasteiger partial charge in [-0.25, -0.2) is 0 Å². The fraction of sp³-hybridized carbons (Fsp3) is 0.611. The third kappa shape index (κ3) is 4.93. The lowest BCUT2D eigenvalue weighted by Crippen LogP contribution is -2.43. The number of ether oxygens (including phenoxy) is 2. The van der Waals surface area contributed by atoms with Crippen molar-refractivity contribution in [3.63, 3.8) is 0 Å². The highest BCUT2D eigenvalue weighted by molar-refractivity contribution is 5.82. The molecule has 1 amide bonds. The van der Waals surface area contributed by atoms with Crippen LogP contribution in [0.1, 0.15) is 25.8 Å². The number of amides is 1. The normalized spacial score (nSPS) is 22.0. The third-order valence-corrected chi connectivity index (χ3v) is 4.21. The zero-order chi connectivity index (χ0) is 17.7. The average molecular weight is 336 g/mol. The van der Waals surface area contributed by atoms with Crippen LogP contribution >= 0.6 is 0 Å². The molecule has 1 aromatic carbocycles. The summed E-state index contributed by atoms with van der Waals surface area (Å²) in [5, 5.41) is 10.2. The summed E-state index contributed by atoms with van der Waals surface area (Å²) >= 11 is 0. The van der Waals surface area contributed by atoms with E-state index in [1.54, 1.807) is 12.0 Å². The number of carbonyl (C=O) groups is 1. The van der Waals surface area contributed by atoms with Crippen molar-refractivity contribution in [3.8, 4) is 5.75 Å². The molecule has 1 saturated heterocycles. The zero-order valence-corrected chi connectivity index (χ0v) is 14.6. The number of hydrogen-bond donors (Lipinski definition) is 2. The number of β-amino-alcohol motifs (C(OH)–C–C–N with tert-alkyl or cyclic N) is 1. The Morgan fingerprint density at radius 2 is 2.00 bits per heavy atom. The van der Waals surface area contributed by atoms with Gasteiger partial charge in [0.2, 0.25) is 5.91 Å². The summed E-state index contributed by atoms with van der Waals surface area (Å²) in [5.74, 6) is 1.03. The maximum absolute atomic E-state index is 12.3. The van der Waals surface area contributed by atoms with Crippen molar-refractivity contribution in [2.75, 3.05) is 20.2 Å². The molecule has 1 heterocycles. The van der Waals surface area contributed by atoms with E-state index in [0.717, 1.165) is 11.3 Å². The molecule has 0 aromatic heterocycles. The van der Waals surface area contributed by atoms with E-state index in [2.05, 4.69) is 0 Å². The zero-order valence-electron chi connectivity index (χ0n) is 14.6. The third-order valence-electron chi connectivity index (χ3n) is 4.21. The van der Waals surface area contributed by atoms with E-state index in [1.807, 2.05) is 38.1 Å². The highest BCUT2D eigenvalue weighted by atomic mass is 16.5. The summed E-state index contributed by atoms with van der Waals surface area (Å²) in [6.07, 6.45) is -0.427. The minimum absolute atomic E-state index is 0.113. The Morgan fingerprint density at radius 3 is 2.58 bits per heavy atom. The Balaban J connectivity index is 1.85. The van der Waals surface area contributed by atoms with Crippen LogP contribution in [0, 0.1) is 5.92 Å². The van der Waals surface area contributed by atoms with Gasteiger partial charge in [-0.05, 0) is 30.0 Å². The highest BCUT2D eigenvalue weighted by Crippen LogP contribution is 2.19. The van der Waals surface area contributed by atoms with Gasteiger partial charge in [-0.2, -0.15) is 0 Å². The molecule has 6 heteroatoms. The summed E-state index contributed by atoms with van der Waals surface area (Å²) in [5.41, 5.74) is 6.95. The molecule has 1 fully saturated rings. The molecule has 3 atom stereocenters. The molecule has 24 heavy (non-hydrogen) atoms. The molecule has 0 radical (unpaired) electrons. The van der Waals surface area contributed by atoms with Crippen molar-refractivity contribution in [3.05, 3.63) is 29.8 Å². The molecule has 2 unspecified atom stereocenters. The average Bonchev–Trinajstić information content (AvgIpc) is 2.93. The van der Waals surface area contributed by atoms with Crippen LogP contribution in [0.5, 0.6) is 5.75 Å². The van der Waals surface area contributed by atoms with Gasteiger partial charge in [-0.1, -0.05) is 26.0 Å². The first kappa shape index (κ1) is 18.7. The van der Waals surface area contributed by atoms with E-state index in [-0.39, 0.29) is 18.6 Å². The second kappa shape index (κ2) is 8.46. The number of nitrogens with zero attached hydrogens (tertiary/aromatic N) is 1. The van der Waals surface area contributed by atoms with Gasteiger partial charge in [-0.15, -0.1) is 0 Å². The Labute approximate surface area is 143 Å². The molecule has 1 aliphatic rings. The van der Waals surface area contributed by atoms with Crippen LogP contribution < -0.4 is 10.5 Å². The standard InChI is InChI=1S/C18H28N2O4/c1-12(2)8-15(19)18(22)20-9-16(21)17(10-20)24-11-13-4-6-14(23-3)7-5-13/h4-7,12,15-17,21H,8-11,19H2,1-3H3/t15-,16?,17?/m1/s1. The van der Waals surface area contributed by atoms with E-state index in [0.29, 0.717) is 25.5 Å². The Bertz CT molecular complexity index is 532. The first-order valence-electron chi connectivity index (χ1n) is 8.37. The van der Waals surface area contributed by atoms with E-state index in [1.165, 1.54) is 0 Å². The fourth-order valence-electron chi connectivity index (χ4n) is 2.87. The lowest BCUT2D eigenvalue weighted by Gasteiger charge is -2.21. The maximum atomic E-state index is 12.3. The van der Waals surface area contributed by atoms with E-state index in [4.69, 9.17) is 15.2 Å². The van der Waals surface area contributed by atoms with Crippen LogP contribution in [0.2, 0.25) is 0 Å². The highest BCUT2D eigenvalue weighted by Gasteiger charge is 2.36. The summed E-state index contributed by atoms with van der Waals surface area (Å²) in [6.45, 7) is 5.10. The number of hydrogen-bond acceptors (Lipinski definition) is 5. The molecule has 1 aromatic rings. The molecular weight excluding hydrogens is 308 g/mol. The number of aliphatic hydroxyl groups is 1. The molecule has 6 nitrogen and oxygen atoms in total. The number of rotatable bonds is 7. The molecule has 0 saturated carbocycles. The van der Waals surface area contributed by atoms with E-state index in [9.17, 15) is 9.90 Å². The maximum Gasteiger partial charge on any atom is 0.239 e. The molecule has 0 bridgehead atoms. The summed E-state index contributed by atoms with van der Waals surface area (Å²) in [4.78, 5) is 13.9. The second-order valence-corrected chi connectivity index (χ2v) is 6.74. The Kier molecular flexibility index (Phi) is 6.60. The smallest absolute Gasteiger partial charge is 0.239 e. The molecule has 2 rings (SSSR count). The van der Waals surface area contributed by atoms with Crippen LogP contribution in [0.15, 0.2) is 24.3 Å². The van der Waals surface area contributed by atoms with Gasteiger partial charge in [0.05, 0.1) is 25.9 Å². The predicted octanol–water partition coefficient (Wildman–Crippen LogP) is 1.16. The van der Waals surface area contributed by atoms with Gasteiger partial charge >= 0.3 is 0 Å². The largest absolute Gasteiger partial charge is 0.497 e. The van der Waals surface area contributed by atoms with Crippen LogP contribution in [-0.4, -0.2) is 54.4 Å². The SMILES string of the molecule is COc1ccc(COC2CN(C(=O)[C@H](N)CC(C)C)CC2O)cc1. The summed E-state index contributed by atoms with van der Waals surface area (Å²) < 4.78 is 10.9. The number of carbonyl (C=O) groups excluding carboxylic acids is 1. The van der Waals surface area contributed by atoms with Gasteiger partial charge in [0.25, 0.3) is 0 Å². The monoisotopic (exact) mass is 336 g/mol. The van der Waals surface area contributed by atoms with Crippen LogP contribution in [0.3, 0.4) is 0 Å². The number of benzene rings is 1. The van der Waals surface area contributed by atoms with Gasteiger partial charge in [0.15, 0.2) is 0 Å². The number of aliphatic hydroxyl groups excluding tert-OH is 1. The molecule has 3 N–H and O–H groups in total. The number of methoxy groups -OCH3 is 1. The molecule has 134 valence electrons. The molecule has 0 aliphatic carbocycles. The lowest BCUT2D eigenvalue weighted by atomic mass is 10.0. The second-order valence-electron chi connectivity index (χ2n) is 6.74. The van der Waals surface area contributed by atoms with Crippen molar-refractivity contribution in [1.29, 1.82) is 0 Å². The quantitative estimate of drug-likeness (QED) is 0.780. The van der Waals surface area contributed by atoms with Gasteiger partial charge < -0.3 is 25.2 Å². The summed E-state index contributed by atoms with van der Waals surface area (Å²) in [7, 11) is 1.62. The van der Waals surface area contributed by atoms with Gasteiger partial charge in [0, 0.05) is 13.1 Å². The topological polar surface area (TPSA) is 85.0 Å². The molecule has 1 aliphatic heterocycles. The van der Waals surface area contributed by atoms with Crippen LogP contribution in [0.25, 0.3) is 0 Å². The van der Waals surface area contributed by atoms with Crippen molar-refractivity contribution < 1.29 is 19.4 Å². The first-order chi connectivity index (χ1) is 11.4. The van der Waals surface area contributed by atoms with Crippen molar-refractivity contribution in [1.82, 2.24) is 4.90 Å². The number of nitrogens with two attached hydrogens (primary N) is 1. The van der Waals surface area contributed by atoms with Gasteiger partial charge in [0.1, 0.15) is 11.9 Å². The Hall–Kier alpha value is -1.63. The predicted molar refractivity (Wildman–Crippen MR) is 91.6 cm³/mol.